The van der Waals surface area contributed by atoms with Crippen molar-refractivity contribution in [1.82, 2.24) is 4.31 Å². The summed E-state index contributed by atoms with van der Waals surface area (Å²) < 4.78 is 27.1. The Labute approximate surface area is 117 Å². The summed E-state index contributed by atoms with van der Waals surface area (Å²) in [6.45, 7) is 4.23. The summed E-state index contributed by atoms with van der Waals surface area (Å²) in [5, 5.41) is 0. The average Bonchev–Trinajstić information content (AvgIpc) is 2.32. The van der Waals surface area contributed by atoms with Gasteiger partial charge in [0.1, 0.15) is 0 Å². The van der Waals surface area contributed by atoms with E-state index in [-0.39, 0.29) is 6.54 Å². The molecule has 0 saturated carbocycles. The van der Waals surface area contributed by atoms with Crippen molar-refractivity contribution in [3.05, 3.63) is 28.2 Å². The fourth-order valence-corrected chi connectivity index (χ4v) is 3.84. The summed E-state index contributed by atoms with van der Waals surface area (Å²) in [4.78, 5) is 0.306. The van der Waals surface area contributed by atoms with Gasteiger partial charge in [0.05, 0.1) is 11.4 Å². The molecule has 0 atom stereocenters. The van der Waals surface area contributed by atoms with Crippen molar-refractivity contribution >= 4 is 26.0 Å². The summed E-state index contributed by atoms with van der Waals surface area (Å²) >= 11 is 3.29. The molecule has 1 rings (SSSR count). The SMILES string of the molecule is C#CCN(CCC)S(=O)(=O)c1cc(Br)ccc1C. The van der Waals surface area contributed by atoms with Gasteiger partial charge in [-0.3, -0.25) is 0 Å². The topological polar surface area (TPSA) is 37.4 Å². The van der Waals surface area contributed by atoms with Crippen molar-refractivity contribution in [2.45, 2.75) is 25.2 Å². The number of hydrogen-bond donors (Lipinski definition) is 0. The number of sulfonamides is 1. The van der Waals surface area contributed by atoms with E-state index < -0.39 is 10.0 Å². The fraction of sp³-hybridized carbons (Fsp3) is 0.385. The molecule has 0 saturated heterocycles. The maximum Gasteiger partial charge on any atom is 0.244 e. The number of nitrogens with zero attached hydrogens (tertiary/aromatic N) is 1. The van der Waals surface area contributed by atoms with Crippen LogP contribution >= 0.6 is 15.9 Å². The van der Waals surface area contributed by atoms with E-state index in [1.54, 1.807) is 19.1 Å². The molecule has 0 aliphatic heterocycles. The summed E-state index contributed by atoms with van der Waals surface area (Å²) in [5.74, 6) is 2.40. The van der Waals surface area contributed by atoms with Gasteiger partial charge in [-0.15, -0.1) is 6.42 Å². The zero-order valence-electron chi connectivity index (χ0n) is 10.5. The number of terminal acetylenes is 1. The van der Waals surface area contributed by atoms with Crippen LogP contribution in [-0.2, 0) is 10.0 Å². The second-order valence-corrected chi connectivity index (χ2v) is 6.77. The highest BCUT2D eigenvalue weighted by Gasteiger charge is 2.24. The molecule has 0 spiro atoms. The summed E-state index contributed by atoms with van der Waals surface area (Å²) in [7, 11) is -3.52. The van der Waals surface area contributed by atoms with E-state index in [0.29, 0.717) is 11.4 Å². The minimum atomic E-state index is -3.52. The molecule has 5 heteroatoms. The van der Waals surface area contributed by atoms with Crippen LogP contribution in [0.5, 0.6) is 0 Å². The maximum absolute atomic E-state index is 12.5. The Kier molecular flexibility index (Phi) is 5.39. The molecule has 0 unspecified atom stereocenters. The molecule has 0 aromatic heterocycles. The zero-order chi connectivity index (χ0) is 13.8. The smallest absolute Gasteiger partial charge is 0.207 e. The van der Waals surface area contributed by atoms with Crippen LogP contribution in [0.15, 0.2) is 27.6 Å². The molecular weight excluding hydrogens is 314 g/mol. The number of rotatable bonds is 5. The molecule has 0 amide bonds. The van der Waals surface area contributed by atoms with Crippen LogP contribution < -0.4 is 0 Å². The predicted octanol–water partition coefficient (Wildman–Crippen LogP) is 2.79. The monoisotopic (exact) mass is 329 g/mol. The lowest BCUT2D eigenvalue weighted by molar-refractivity contribution is 0.445. The van der Waals surface area contributed by atoms with Gasteiger partial charge in [0.25, 0.3) is 0 Å². The van der Waals surface area contributed by atoms with Crippen LogP contribution in [0.3, 0.4) is 0 Å². The van der Waals surface area contributed by atoms with Gasteiger partial charge in [-0.05, 0) is 31.0 Å². The van der Waals surface area contributed by atoms with Gasteiger partial charge in [0, 0.05) is 11.0 Å². The van der Waals surface area contributed by atoms with E-state index in [0.717, 1.165) is 16.5 Å². The third-order valence-corrected chi connectivity index (χ3v) is 4.99. The second kappa shape index (κ2) is 6.37. The molecule has 98 valence electrons. The molecule has 18 heavy (non-hydrogen) atoms. The highest BCUT2D eigenvalue weighted by molar-refractivity contribution is 9.10. The van der Waals surface area contributed by atoms with Gasteiger partial charge in [-0.25, -0.2) is 8.42 Å². The Bertz CT molecular complexity index is 561. The van der Waals surface area contributed by atoms with Gasteiger partial charge >= 0.3 is 0 Å². The van der Waals surface area contributed by atoms with Crippen LogP contribution in [0.25, 0.3) is 0 Å². The molecule has 0 radical (unpaired) electrons. The Hall–Kier alpha value is -0.830. The molecule has 3 nitrogen and oxygen atoms in total. The van der Waals surface area contributed by atoms with Crippen molar-refractivity contribution < 1.29 is 8.42 Å². The van der Waals surface area contributed by atoms with Crippen molar-refractivity contribution in [2.24, 2.45) is 0 Å². The number of benzene rings is 1. The van der Waals surface area contributed by atoms with Crippen LogP contribution in [0.4, 0.5) is 0 Å². The standard InChI is InChI=1S/C13H16BrNO2S/c1-4-8-15(9-5-2)18(16,17)13-10-12(14)7-6-11(13)3/h1,6-7,10H,5,8-9H2,2-3H3. The minimum absolute atomic E-state index is 0.0993. The lowest BCUT2D eigenvalue weighted by atomic mass is 10.2. The molecule has 0 bridgehead atoms. The number of hydrogen-bond acceptors (Lipinski definition) is 2. The third-order valence-electron chi connectivity index (χ3n) is 2.51. The Morgan fingerprint density at radius 1 is 1.44 bits per heavy atom. The third kappa shape index (κ3) is 3.35. The molecule has 0 heterocycles. The second-order valence-electron chi connectivity index (χ2n) is 3.95. The van der Waals surface area contributed by atoms with Crippen molar-refractivity contribution in [1.29, 1.82) is 0 Å². The largest absolute Gasteiger partial charge is 0.244 e. The lowest BCUT2D eigenvalue weighted by Gasteiger charge is -2.20. The van der Waals surface area contributed by atoms with Gasteiger partial charge in [0.2, 0.25) is 10.0 Å². The number of halogens is 1. The summed E-state index contributed by atoms with van der Waals surface area (Å²) in [5.41, 5.74) is 0.719. The normalized spacial score (nSPS) is 11.5. The first kappa shape index (κ1) is 15.2. The van der Waals surface area contributed by atoms with E-state index in [1.165, 1.54) is 4.31 Å². The Morgan fingerprint density at radius 3 is 2.67 bits per heavy atom. The Morgan fingerprint density at radius 2 is 2.11 bits per heavy atom. The van der Waals surface area contributed by atoms with Crippen LogP contribution in [-0.4, -0.2) is 25.8 Å². The van der Waals surface area contributed by atoms with Gasteiger partial charge in [-0.1, -0.05) is 34.8 Å². The quantitative estimate of drug-likeness (QED) is 0.779. The van der Waals surface area contributed by atoms with Crippen LogP contribution in [0.1, 0.15) is 18.9 Å². The molecule has 0 aliphatic rings. The first-order chi connectivity index (χ1) is 8.43. The highest BCUT2D eigenvalue weighted by atomic mass is 79.9. The first-order valence-electron chi connectivity index (χ1n) is 5.63. The molecule has 0 fully saturated rings. The van der Waals surface area contributed by atoms with Gasteiger partial charge < -0.3 is 0 Å². The number of aryl methyl sites for hydroxylation is 1. The average molecular weight is 330 g/mol. The van der Waals surface area contributed by atoms with E-state index in [1.807, 2.05) is 13.0 Å². The first-order valence-corrected chi connectivity index (χ1v) is 7.86. The molecule has 1 aromatic rings. The minimum Gasteiger partial charge on any atom is -0.207 e. The highest BCUT2D eigenvalue weighted by Crippen LogP contribution is 2.23. The lowest BCUT2D eigenvalue weighted by Crippen LogP contribution is -2.32. The van der Waals surface area contributed by atoms with Crippen LogP contribution in [0.2, 0.25) is 0 Å². The van der Waals surface area contributed by atoms with Crippen LogP contribution in [0, 0.1) is 19.3 Å². The van der Waals surface area contributed by atoms with E-state index >= 15 is 0 Å². The van der Waals surface area contributed by atoms with Crippen molar-refractivity contribution in [3.63, 3.8) is 0 Å². The van der Waals surface area contributed by atoms with Crippen molar-refractivity contribution in [3.8, 4) is 12.3 Å². The molecule has 0 N–H and O–H groups in total. The van der Waals surface area contributed by atoms with E-state index in [4.69, 9.17) is 6.42 Å². The van der Waals surface area contributed by atoms with Crippen molar-refractivity contribution in [2.75, 3.05) is 13.1 Å². The molecular formula is C13H16BrNO2S. The van der Waals surface area contributed by atoms with Gasteiger partial charge in [-0.2, -0.15) is 4.31 Å². The summed E-state index contributed by atoms with van der Waals surface area (Å²) in [6, 6.07) is 5.21. The summed E-state index contributed by atoms with van der Waals surface area (Å²) in [6.07, 6.45) is 5.97. The van der Waals surface area contributed by atoms with Gasteiger partial charge in [0.15, 0.2) is 0 Å². The maximum atomic E-state index is 12.5. The Balaban J connectivity index is 3.26. The predicted molar refractivity (Wildman–Crippen MR) is 76.8 cm³/mol. The fourth-order valence-electron chi connectivity index (χ4n) is 1.63. The molecule has 0 aliphatic carbocycles. The zero-order valence-corrected chi connectivity index (χ0v) is 12.9. The van der Waals surface area contributed by atoms with E-state index in [9.17, 15) is 8.42 Å². The molecule has 1 aromatic carbocycles. The van der Waals surface area contributed by atoms with E-state index in [2.05, 4.69) is 21.9 Å².